The quantitative estimate of drug-likeness (QED) is 0.588. The molecule has 0 fully saturated rings. The Morgan fingerprint density at radius 2 is 1.93 bits per heavy atom. The highest BCUT2D eigenvalue weighted by atomic mass is 16.5. The largest absolute Gasteiger partial charge is 0.480 e. The van der Waals surface area contributed by atoms with E-state index < -0.39 is 5.97 Å². The Labute approximate surface area is 82.4 Å². The molecule has 0 aromatic heterocycles. The predicted octanol–water partition coefficient (Wildman–Crippen LogP) is -0.808. The molecule has 0 heterocycles. The van der Waals surface area contributed by atoms with Crippen LogP contribution >= 0.6 is 0 Å². The summed E-state index contributed by atoms with van der Waals surface area (Å²) in [4.78, 5) is 22.8. The molecular formula is C8H15NO5. The third-order valence-electron chi connectivity index (χ3n) is 1.51. The maximum atomic E-state index is 11.3. The minimum Gasteiger partial charge on any atom is -0.480 e. The van der Waals surface area contributed by atoms with Gasteiger partial charge in [0.15, 0.2) is 0 Å². The summed E-state index contributed by atoms with van der Waals surface area (Å²) >= 11 is 0. The van der Waals surface area contributed by atoms with Crippen LogP contribution in [0, 0.1) is 0 Å². The lowest BCUT2D eigenvalue weighted by Crippen LogP contribution is -2.39. The van der Waals surface area contributed by atoms with Gasteiger partial charge in [-0.15, -0.1) is 0 Å². The van der Waals surface area contributed by atoms with Crippen molar-refractivity contribution in [1.29, 1.82) is 0 Å². The van der Waals surface area contributed by atoms with Crippen LogP contribution in [-0.4, -0.2) is 62.4 Å². The van der Waals surface area contributed by atoms with Crippen LogP contribution in [0.2, 0.25) is 0 Å². The number of hydrogen-bond donors (Lipinski definition) is 1. The molecule has 0 aliphatic rings. The zero-order valence-electron chi connectivity index (χ0n) is 8.36. The van der Waals surface area contributed by atoms with E-state index in [2.05, 4.69) is 4.74 Å². The maximum absolute atomic E-state index is 11.3. The molecule has 0 aromatic carbocycles. The summed E-state index contributed by atoms with van der Waals surface area (Å²) in [5, 5.41) is 8.52. The van der Waals surface area contributed by atoms with Gasteiger partial charge < -0.3 is 19.5 Å². The van der Waals surface area contributed by atoms with E-state index in [-0.39, 0.29) is 25.6 Å². The number of amides is 1. The van der Waals surface area contributed by atoms with Crippen LogP contribution in [-0.2, 0) is 19.1 Å². The number of rotatable bonds is 7. The molecule has 0 aliphatic heterocycles. The highest BCUT2D eigenvalue weighted by Crippen LogP contribution is 1.91. The Bertz CT molecular complexity index is 194. The lowest BCUT2D eigenvalue weighted by molar-refractivity contribution is -0.146. The van der Waals surface area contributed by atoms with Crippen molar-refractivity contribution >= 4 is 11.9 Å². The second kappa shape index (κ2) is 7.28. The van der Waals surface area contributed by atoms with Gasteiger partial charge in [0.2, 0.25) is 5.91 Å². The Morgan fingerprint density at radius 3 is 2.36 bits per heavy atom. The van der Waals surface area contributed by atoms with E-state index >= 15 is 0 Å². The van der Waals surface area contributed by atoms with E-state index in [1.165, 1.54) is 19.1 Å². The molecule has 0 saturated carbocycles. The highest BCUT2D eigenvalue weighted by molar-refractivity contribution is 5.82. The Morgan fingerprint density at radius 1 is 1.29 bits per heavy atom. The molecule has 0 rings (SSSR count). The SMILES string of the molecule is COCCN(CC(=O)O)C(=O)COC. The van der Waals surface area contributed by atoms with Crippen LogP contribution in [0.5, 0.6) is 0 Å². The van der Waals surface area contributed by atoms with E-state index in [4.69, 9.17) is 9.84 Å². The number of aliphatic carboxylic acids is 1. The first-order valence-electron chi connectivity index (χ1n) is 4.09. The summed E-state index contributed by atoms with van der Waals surface area (Å²) in [6.45, 7) is 0.121. The van der Waals surface area contributed by atoms with Crippen molar-refractivity contribution in [3.05, 3.63) is 0 Å². The Kier molecular flexibility index (Phi) is 6.69. The molecule has 82 valence electrons. The molecular weight excluding hydrogens is 190 g/mol. The number of methoxy groups -OCH3 is 2. The zero-order chi connectivity index (χ0) is 11.0. The normalized spacial score (nSPS) is 9.86. The van der Waals surface area contributed by atoms with Gasteiger partial charge in [0.25, 0.3) is 0 Å². The van der Waals surface area contributed by atoms with Gasteiger partial charge in [-0.1, -0.05) is 0 Å². The smallest absolute Gasteiger partial charge is 0.323 e. The first-order valence-corrected chi connectivity index (χ1v) is 4.09. The number of carbonyl (C=O) groups excluding carboxylic acids is 1. The van der Waals surface area contributed by atoms with Crippen molar-refractivity contribution in [2.75, 3.05) is 40.5 Å². The van der Waals surface area contributed by atoms with E-state index in [0.717, 1.165) is 0 Å². The van der Waals surface area contributed by atoms with Gasteiger partial charge in [-0.3, -0.25) is 9.59 Å². The number of carboxylic acid groups (broad SMARTS) is 1. The molecule has 0 radical (unpaired) electrons. The van der Waals surface area contributed by atoms with Gasteiger partial charge >= 0.3 is 5.97 Å². The third kappa shape index (κ3) is 5.50. The summed E-state index contributed by atoms with van der Waals surface area (Å²) < 4.78 is 9.38. The van der Waals surface area contributed by atoms with Gasteiger partial charge in [0.1, 0.15) is 13.2 Å². The summed E-state index contributed by atoms with van der Waals surface area (Å²) in [5.74, 6) is -1.41. The molecule has 0 aliphatic carbocycles. The van der Waals surface area contributed by atoms with Gasteiger partial charge in [0.05, 0.1) is 6.61 Å². The third-order valence-corrected chi connectivity index (χ3v) is 1.51. The van der Waals surface area contributed by atoms with Crippen molar-refractivity contribution < 1.29 is 24.2 Å². The number of nitrogens with zero attached hydrogens (tertiary/aromatic N) is 1. The molecule has 0 atom stereocenters. The van der Waals surface area contributed by atoms with Crippen LogP contribution in [0.4, 0.5) is 0 Å². The van der Waals surface area contributed by atoms with Crippen LogP contribution in [0.15, 0.2) is 0 Å². The zero-order valence-corrected chi connectivity index (χ0v) is 8.36. The molecule has 6 heteroatoms. The monoisotopic (exact) mass is 205 g/mol. The molecule has 0 saturated heterocycles. The molecule has 0 aromatic rings. The summed E-state index contributed by atoms with van der Waals surface area (Å²) in [5.41, 5.74) is 0. The fourth-order valence-corrected chi connectivity index (χ4v) is 0.871. The van der Waals surface area contributed by atoms with Gasteiger partial charge in [-0.25, -0.2) is 0 Å². The van der Waals surface area contributed by atoms with Crippen molar-refractivity contribution in [2.45, 2.75) is 0 Å². The number of hydrogen-bond acceptors (Lipinski definition) is 4. The van der Waals surface area contributed by atoms with E-state index in [9.17, 15) is 9.59 Å². The second-order valence-corrected chi connectivity index (χ2v) is 2.63. The molecule has 14 heavy (non-hydrogen) atoms. The molecule has 6 nitrogen and oxygen atoms in total. The van der Waals surface area contributed by atoms with Crippen molar-refractivity contribution in [1.82, 2.24) is 4.90 Å². The standard InChI is InChI=1S/C8H15NO5/c1-13-4-3-9(5-8(11)12)7(10)6-14-2/h3-6H2,1-2H3,(H,11,12). The second-order valence-electron chi connectivity index (χ2n) is 2.63. The average Bonchev–Trinajstić information content (AvgIpc) is 2.12. The van der Waals surface area contributed by atoms with E-state index in [0.29, 0.717) is 6.61 Å². The highest BCUT2D eigenvalue weighted by Gasteiger charge is 2.15. The van der Waals surface area contributed by atoms with Crippen LogP contribution in [0.1, 0.15) is 0 Å². The van der Waals surface area contributed by atoms with Gasteiger partial charge in [-0.05, 0) is 0 Å². The van der Waals surface area contributed by atoms with Crippen molar-refractivity contribution in [2.24, 2.45) is 0 Å². The fraction of sp³-hybridized carbons (Fsp3) is 0.750. The van der Waals surface area contributed by atoms with Crippen molar-refractivity contribution in [3.8, 4) is 0 Å². The fourth-order valence-electron chi connectivity index (χ4n) is 0.871. The predicted molar refractivity (Wildman–Crippen MR) is 48.0 cm³/mol. The van der Waals surface area contributed by atoms with Crippen LogP contribution in [0.25, 0.3) is 0 Å². The van der Waals surface area contributed by atoms with Crippen molar-refractivity contribution in [3.63, 3.8) is 0 Å². The maximum Gasteiger partial charge on any atom is 0.323 e. The lowest BCUT2D eigenvalue weighted by Gasteiger charge is -2.19. The van der Waals surface area contributed by atoms with Gasteiger partial charge in [-0.2, -0.15) is 0 Å². The number of carboxylic acids is 1. The van der Waals surface area contributed by atoms with Gasteiger partial charge in [0, 0.05) is 20.8 Å². The van der Waals surface area contributed by atoms with Crippen LogP contribution < -0.4 is 0 Å². The summed E-state index contributed by atoms with van der Waals surface area (Å²) in [6.07, 6.45) is 0. The lowest BCUT2D eigenvalue weighted by atomic mass is 10.4. The first kappa shape index (κ1) is 12.9. The number of carbonyl (C=O) groups is 2. The van der Waals surface area contributed by atoms with Crippen LogP contribution in [0.3, 0.4) is 0 Å². The molecule has 0 bridgehead atoms. The summed E-state index contributed by atoms with van der Waals surface area (Å²) in [7, 11) is 2.87. The molecule has 1 amide bonds. The molecule has 0 spiro atoms. The van der Waals surface area contributed by atoms with E-state index in [1.54, 1.807) is 0 Å². The minimum atomic E-state index is -1.05. The average molecular weight is 205 g/mol. The minimum absolute atomic E-state index is 0.114. The number of ether oxygens (including phenoxy) is 2. The topological polar surface area (TPSA) is 76.1 Å². The molecule has 1 N–H and O–H groups in total. The van der Waals surface area contributed by atoms with E-state index in [1.807, 2.05) is 0 Å². The summed E-state index contributed by atoms with van der Waals surface area (Å²) in [6, 6.07) is 0. The Balaban J connectivity index is 4.08. The first-order chi connectivity index (χ1) is 6.61. The molecule has 0 unspecified atom stereocenters. The Hall–Kier alpha value is -1.14.